The highest BCUT2D eigenvalue weighted by atomic mass is 35.5. The SMILES string of the molecule is Cc1cccc(N2C(=O)/C(=C\c3ccccc3F)N=C2c2sc3ccccc3c2Cl)c1. The van der Waals surface area contributed by atoms with Crippen LogP contribution in [-0.4, -0.2) is 11.7 Å². The number of thiophene rings is 1. The molecule has 0 spiro atoms. The molecule has 3 nitrogen and oxygen atoms in total. The maximum absolute atomic E-state index is 14.2. The van der Waals surface area contributed by atoms with Gasteiger partial charge >= 0.3 is 0 Å². The third-order valence-electron chi connectivity index (χ3n) is 5.06. The minimum atomic E-state index is -0.409. The molecule has 0 saturated heterocycles. The van der Waals surface area contributed by atoms with Crippen molar-refractivity contribution in [1.82, 2.24) is 0 Å². The highest BCUT2D eigenvalue weighted by molar-refractivity contribution is 7.21. The van der Waals surface area contributed by atoms with E-state index in [0.29, 0.717) is 27.0 Å². The Bertz CT molecular complexity index is 1410. The second-order valence-corrected chi connectivity index (χ2v) is 8.64. The minimum absolute atomic E-state index is 0.162. The summed E-state index contributed by atoms with van der Waals surface area (Å²) in [4.78, 5) is 20.3. The quantitative estimate of drug-likeness (QED) is 0.317. The van der Waals surface area contributed by atoms with Crippen LogP contribution in [-0.2, 0) is 4.79 Å². The van der Waals surface area contributed by atoms with E-state index in [1.165, 1.54) is 23.5 Å². The van der Waals surface area contributed by atoms with Crippen molar-refractivity contribution in [3.05, 3.63) is 105 Å². The molecule has 5 rings (SSSR count). The van der Waals surface area contributed by atoms with Crippen LogP contribution in [0.25, 0.3) is 16.2 Å². The van der Waals surface area contributed by atoms with Crippen molar-refractivity contribution in [2.24, 2.45) is 4.99 Å². The summed E-state index contributed by atoms with van der Waals surface area (Å²) in [6.45, 7) is 1.96. The van der Waals surface area contributed by atoms with E-state index < -0.39 is 5.82 Å². The average molecular weight is 447 g/mol. The molecule has 0 radical (unpaired) electrons. The van der Waals surface area contributed by atoms with Gasteiger partial charge in [0.1, 0.15) is 11.5 Å². The van der Waals surface area contributed by atoms with Gasteiger partial charge in [-0.3, -0.25) is 9.69 Å². The van der Waals surface area contributed by atoms with Gasteiger partial charge in [0.05, 0.1) is 15.6 Å². The fourth-order valence-electron chi connectivity index (χ4n) is 3.57. The van der Waals surface area contributed by atoms with E-state index in [2.05, 4.69) is 4.99 Å². The minimum Gasteiger partial charge on any atom is -0.266 e. The number of carbonyl (C=O) groups excluding carboxylic acids is 1. The van der Waals surface area contributed by atoms with E-state index in [0.717, 1.165) is 15.6 Å². The number of carbonyl (C=O) groups is 1. The predicted molar refractivity (Wildman–Crippen MR) is 126 cm³/mol. The monoisotopic (exact) mass is 446 g/mol. The van der Waals surface area contributed by atoms with Crippen LogP contribution in [0.5, 0.6) is 0 Å². The van der Waals surface area contributed by atoms with Gasteiger partial charge in [0.15, 0.2) is 5.84 Å². The third kappa shape index (κ3) is 3.46. The van der Waals surface area contributed by atoms with Gasteiger partial charge in [-0.15, -0.1) is 11.3 Å². The largest absolute Gasteiger partial charge is 0.282 e. The summed E-state index contributed by atoms with van der Waals surface area (Å²) in [5.41, 5.74) is 2.17. The van der Waals surface area contributed by atoms with E-state index >= 15 is 0 Å². The lowest BCUT2D eigenvalue weighted by Crippen LogP contribution is -2.32. The molecule has 1 aliphatic heterocycles. The van der Waals surface area contributed by atoms with Crippen molar-refractivity contribution < 1.29 is 9.18 Å². The summed E-state index contributed by atoms with van der Waals surface area (Å²) in [5.74, 6) is -0.282. The lowest BCUT2D eigenvalue weighted by molar-refractivity contribution is -0.113. The number of halogens is 2. The number of rotatable bonds is 3. The van der Waals surface area contributed by atoms with Crippen molar-refractivity contribution in [2.75, 3.05) is 4.90 Å². The van der Waals surface area contributed by atoms with E-state index in [9.17, 15) is 9.18 Å². The molecule has 0 N–H and O–H groups in total. The van der Waals surface area contributed by atoms with E-state index in [4.69, 9.17) is 11.6 Å². The molecule has 1 aliphatic rings. The smallest absolute Gasteiger partial charge is 0.266 e. The van der Waals surface area contributed by atoms with E-state index in [-0.39, 0.29) is 11.6 Å². The first kappa shape index (κ1) is 19.7. The van der Waals surface area contributed by atoms with Crippen LogP contribution < -0.4 is 4.90 Å². The van der Waals surface area contributed by atoms with Gasteiger partial charge in [-0.05, 0) is 42.8 Å². The second-order valence-electron chi connectivity index (χ2n) is 7.21. The van der Waals surface area contributed by atoms with Crippen LogP contribution in [0.15, 0.2) is 83.5 Å². The van der Waals surface area contributed by atoms with Crippen LogP contribution in [0.2, 0.25) is 5.02 Å². The highest BCUT2D eigenvalue weighted by Crippen LogP contribution is 2.39. The van der Waals surface area contributed by atoms with Crippen LogP contribution in [0.3, 0.4) is 0 Å². The maximum atomic E-state index is 14.2. The molecule has 0 atom stereocenters. The summed E-state index contributed by atoms with van der Waals surface area (Å²) in [6, 6.07) is 21.7. The summed E-state index contributed by atoms with van der Waals surface area (Å²) in [6.07, 6.45) is 1.48. The number of amidine groups is 1. The average Bonchev–Trinajstić information content (AvgIpc) is 3.27. The maximum Gasteiger partial charge on any atom is 0.282 e. The number of hydrogen-bond acceptors (Lipinski definition) is 3. The topological polar surface area (TPSA) is 32.7 Å². The van der Waals surface area contributed by atoms with Crippen LogP contribution >= 0.6 is 22.9 Å². The number of hydrogen-bond donors (Lipinski definition) is 0. The first-order valence-electron chi connectivity index (χ1n) is 9.66. The van der Waals surface area contributed by atoms with Crippen molar-refractivity contribution in [3.8, 4) is 0 Å². The Labute approximate surface area is 187 Å². The molecule has 0 fully saturated rings. The first-order chi connectivity index (χ1) is 15.0. The lowest BCUT2D eigenvalue weighted by Gasteiger charge is -2.18. The molecule has 0 saturated carbocycles. The third-order valence-corrected chi connectivity index (χ3v) is 6.73. The Morgan fingerprint density at radius 3 is 2.58 bits per heavy atom. The Morgan fingerprint density at radius 2 is 1.81 bits per heavy atom. The molecule has 1 aromatic heterocycles. The van der Waals surface area contributed by atoms with Gasteiger partial charge in [0.2, 0.25) is 0 Å². The van der Waals surface area contributed by atoms with Crippen LogP contribution in [0.1, 0.15) is 16.0 Å². The van der Waals surface area contributed by atoms with Gasteiger partial charge in [-0.2, -0.15) is 0 Å². The van der Waals surface area contributed by atoms with Gasteiger partial charge in [0.25, 0.3) is 5.91 Å². The van der Waals surface area contributed by atoms with Crippen molar-refractivity contribution in [3.63, 3.8) is 0 Å². The normalized spacial score (nSPS) is 15.2. The molecule has 31 heavy (non-hydrogen) atoms. The van der Waals surface area contributed by atoms with E-state index in [1.807, 2.05) is 55.5 Å². The number of anilines is 1. The molecule has 152 valence electrons. The zero-order valence-corrected chi connectivity index (χ0v) is 18.0. The fraction of sp³-hybridized carbons (Fsp3) is 0.0400. The Morgan fingerprint density at radius 1 is 1.03 bits per heavy atom. The van der Waals surface area contributed by atoms with Gasteiger partial charge in [-0.1, -0.05) is 60.1 Å². The number of amides is 1. The number of benzene rings is 3. The molecule has 0 unspecified atom stereocenters. The molecule has 4 aromatic rings. The Kier molecular flexibility index (Phi) is 4.93. The molecule has 6 heteroatoms. The standard InChI is InChI=1S/C25H16ClFN2OS/c1-15-7-6-9-17(13-15)29-24(23-22(26)18-10-3-5-12-21(18)31-23)28-20(25(29)30)14-16-8-2-4-11-19(16)27/h2-14H,1H3/b20-14+. The van der Waals surface area contributed by atoms with Crippen molar-refractivity contribution in [1.29, 1.82) is 0 Å². The second kappa shape index (κ2) is 7.76. The molecule has 0 aliphatic carbocycles. The molecular weight excluding hydrogens is 431 g/mol. The molecule has 2 heterocycles. The fourth-order valence-corrected chi connectivity index (χ4v) is 5.07. The van der Waals surface area contributed by atoms with E-state index in [1.54, 1.807) is 23.1 Å². The number of aryl methyl sites for hydroxylation is 1. The molecule has 3 aromatic carbocycles. The number of nitrogens with zero attached hydrogens (tertiary/aromatic N) is 2. The number of fused-ring (bicyclic) bond motifs is 1. The first-order valence-corrected chi connectivity index (χ1v) is 10.9. The lowest BCUT2D eigenvalue weighted by atomic mass is 10.1. The highest BCUT2D eigenvalue weighted by Gasteiger charge is 2.35. The van der Waals surface area contributed by atoms with Gasteiger partial charge < -0.3 is 0 Å². The molecule has 0 bridgehead atoms. The zero-order valence-electron chi connectivity index (χ0n) is 16.5. The zero-order chi connectivity index (χ0) is 21.5. The van der Waals surface area contributed by atoms with Gasteiger partial charge in [0, 0.05) is 15.6 Å². The summed E-state index contributed by atoms with van der Waals surface area (Å²) < 4.78 is 15.2. The number of aliphatic imine (C=N–C) groups is 1. The summed E-state index contributed by atoms with van der Waals surface area (Å²) >= 11 is 8.19. The molecule has 1 amide bonds. The molecular formula is C25H16ClFN2OS. The van der Waals surface area contributed by atoms with Crippen molar-refractivity contribution in [2.45, 2.75) is 6.92 Å². The Balaban J connectivity index is 1.71. The Hall–Kier alpha value is -3.28. The summed E-state index contributed by atoms with van der Waals surface area (Å²) in [5, 5.41) is 1.46. The predicted octanol–water partition coefficient (Wildman–Crippen LogP) is 6.84. The van der Waals surface area contributed by atoms with Crippen LogP contribution in [0.4, 0.5) is 10.1 Å². The van der Waals surface area contributed by atoms with Gasteiger partial charge in [-0.25, -0.2) is 9.38 Å². The van der Waals surface area contributed by atoms with Crippen molar-refractivity contribution >= 4 is 56.5 Å². The van der Waals surface area contributed by atoms with Crippen LogP contribution in [0, 0.1) is 12.7 Å². The summed E-state index contributed by atoms with van der Waals surface area (Å²) in [7, 11) is 0.